The first kappa shape index (κ1) is 13.1. The lowest BCUT2D eigenvalue weighted by atomic mass is 10.1. The van der Waals surface area contributed by atoms with Crippen molar-refractivity contribution < 1.29 is 4.42 Å². The maximum absolute atomic E-state index is 6.09. The van der Waals surface area contributed by atoms with Gasteiger partial charge in [0.1, 0.15) is 5.52 Å². The quantitative estimate of drug-likeness (QED) is 0.348. The number of nitrogens with zero attached hydrogens (tertiary/aromatic N) is 1. The molecule has 2 heterocycles. The van der Waals surface area contributed by atoms with E-state index in [0.29, 0.717) is 5.89 Å². The average molecular weight is 336 g/mol. The molecule has 5 aromatic rings. The minimum atomic E-state index is 0.658. The Hall–Kier alpha value is -2.36. The zero-order chi connectivity index (χ0) is 15.4. The van der Waals surface area contributed by atoms with Crippen molar-refractivity contribution in [1.82, 2.24) is 4.98 Å². The molecule has 4 heteroatoms. The van der Waals surface area contributed by atoms with Crippen LogP contribution in [0.25, 0.3) is 42.7 Å². The second kappa shape index (κ2) is 4.82. The molecular formula is C19H10ClNOS. The Balaban J connectivity index is 1.79. The summed E-state index contributed by atoms with van der Waals surface area (Å²) in [7, 11) is 0. The fourth-order valence-electron chi connectivity index (χ4n) is 2.88. The summed E-state index contributed by atoms with van der Waals surface area (Å²) in [5, 5.41) is 3.15. The van der Waals surface area contributed by atoms with Crippen molar-refractivity contribution in [3.8, 4) is 11.5 Å². The second-order valence-electron chi connectivity index (χ2n) is 5.44. The molecule has 0 saturated carbocycles. The van der Waals surface area contributed by atoms with Crippen LogP contribution in [-0.2, 0) is 0 Å². The molecule has 0 radical (unpaired) electrons. The van der Waals surface area contributed by atoms with Crippen LogP contribution in [0, 0.1) is 0 Å². The van der Waals surface area contributed by atoms with Gasteiger partial charge < -0.3 is 4.42 Å². The molecular weight excluding hydrogens is 326 g/mol. The number of oxazole rings is 1. The van der Waals surface area contributed by atoms with Gasteiger partial charge >= 0.3 is 0 Å². The Morgan fingerprint density at radius 3 is 2.57 bits per heavy atom. The van der Waals surface area contributed by atoms with Crippen molar-refractivity contribution in [2.45, 2.75) is 0 Å². The lowest BCUT2D eigenvalue weighted by molar-refractivity contribution is 0.620. The van der Waals surface area contributed by atoms with E-state index in [-0.39, 0.29) is 0 Å². The molecule has 5 rings (SSSR count). The number of aromatic nitrogens is 1. The van der Waals surface area contributed by atoms with E-state index in [0.717, 1.165) is 21.7 Å². The molecule has 3 aromatic carbocycles. The number of thiophene rings is 1. The van der Waals surface area contributed by atoms with E-state index in [1.165, 1.54) is 20.2 Å². The van der Waals surface area contributed by atoms with Crippen LogP contribution in [0.2, 0.25) is 5.02 Å². The van der Waals surface area contributed by atoms with Crippen molar-refractivity contribution in [2.75, 3.05) is 0 Å². The van der Waals surface area contributed by atoms with Crippen LogP contribution in [0.5, 0.6) is 0 Å². The van der Waals surface area contributed by atoms with Crippen molar-refractivity contribution in [1.29, 1.82) is 0 Å². The minimum absolute atomic E-state index is 0.658. The summed E-state index contributed by atoms with van der Waals surface area (Å²) in [6.45, 7) is 0. The first-order valence-corrected chi connectivity index (χ1v) is 8.45. The second-order valence-corrected chi connectivity index (χ2v) is 6.96. The Morgan fingerprint density at radius 1 is 0.870 bits per heavy atom. The Bertz CT molecular complexity index is 1170. The maximum atomic E-state index is 6.09. The summed E-state index contributed by atoms with van der Waals surface area (Å²) in [6.07, 6.45) is 0. The smallest absolute Gasteiger partial charge is 0.227 e. The summed E-state index contributed by atoms with van der Waals surface area (Å²) in [4.78, 5) is 4.63. The van der Waals surface area contributed by atoms with Crippen LogP contribution in [0.15, 0.2) is 65.1 Å². The van der Waals surface area contributed by atoms with Gasteiger partial charge in [-0.25, -0.2) is 4.98 Å². The van der Waals surface area contributed by atoms with Gasteiger partial charge in [0.05, 0.1) is 0 Å². The van der Waals surface area contributed by atoms with Crippen molar-refractivity contribution >= 4 is 54.2 Å². The van der Waals surface area contributed by atoms with E-state index < -0.39 is 0 Å². The normalized spacial score (nSPS) is 11.7. The average Bonchev–Trinajstić information content (AvgIpc) is 3.13. The Kier molecular flexibility index (Phi) is 2.75. The van der Waals surface area contributed by atoms with Crippen LogP contribution >= 0.6 is 22.9 Å². The summed E-state index contributed by atoms with van der Waals surface area (Å²) < 4.78 is 8.35. The molecule has 0 saturated heterocycles. The predicted molar refractivity (Wildman–Crippen MR) is 97.3 cm³/mol. The van der Waals surface area contributed by atoms with Gasteiger partial charge in [-0.15, -0.1) is 11.3 Å². The van der Waals surface area contributed by atoms with E-state index in [1.54, 1.807) is 11.3 Å². The summed E-state index contributed by atoms with van der Waals surface area (Å²) in [6, 6.07) is 20.1. The topological polar surface area (TPSA) is 26.0 Å². The van der Waals surface area contributed by atoms with E-state index in [1.807, 2.05) is 42.5 Å². The highest BCUT2D eigenvalue weighted by molar-refractivity contribution is 7.25. The van der Waals surface area contributed by atoms with Crippen LogP contribution in [0.1, 0.15) is 0 Å². The number of benzene rings is 3. The van der Waals surface area contributed by atoms with Gasteiger partial charge in [-0.3, -0.25) is 0 Å². The summed E-state index contributed by atoms with van der Waals surface area (Å²) in [5.74, 6) is 0.658. The Morgan fingerprint density at radius 2 is 1.70 bits per heavy atom. The molecule has 0 atom stereocenters. The van der Waals surface area contributed by atoms with Crippen molar-refractivity contribution in [3.05, 3.63) is 65.7 Å². The van der Waals surface area contributed by atoms with Gasteiger partial charge in [-0.2, -0.15) is 0 Å². The van der Waals surface area contributed by atoms with Gasteiger partial charge in [-0.05, 0) is 36.4 Å². The van der Waals surface area contributed by atoms with Crippen LogP contribution < -0.4 is 0 Å². The lowest BCUT2D eigenvalue weighted by Gasteiger charge is -1.92. The first-order valence-electron chi connectivity index (χ1n) is 7.26. The fourth-order valence-corrected chi connectivity index (χ4v) is 4.27. The number of hydrogen-bond donors (Lipinski definition) is 0. The zero-order valence-corrected chi connectivity index (χ0v) is 13.5. The monoisotopic (exact) mass is 335 g/mol. The van der Waals surface area contributed by atoms with Gasteiger partial charge in [0.2, 0.25) is 5.89 Å². The number of rotatable bonds is 1. The third kappa shape index (κ3) is 2.05. The van der Waals surface area contributed by atoms with E-state index >= 15 is 0 Å². The van der Waals surface area contributed by atoms with E-state index in [9.17, 15) is 0 Å². The zero-order valence-electron chi connectivity index (χ0n) is 11.9. The highest BCUT2D eigenvalue weighted by Crippen LogP contribution is 2.38. The molecule has 0 amide bonds. The van der Waals surface area contributed by atoms with E-state index in [4.69, 9.17) is 16.0 Å². The first-order chi connectivity index (χ1) is 11.3. The van der Waals surface area contributed by atoms with Gasteiger partial charge in [0.15, 0.2) is 5.58 Å². The van der Waals surface area contributed by atoms with Gasteiger partial charge in [0.25, 0.3) is 0 Å². The third-order valence-corrected chi connectivity index (χ3v) is 5.31. The number of hydrogen-bond acceptors (Lipinski definition) is 3. The minimum Gasteiger partial charge on any atom is -0.436 e. The maximum Gasteiger partial charge on any atom is 0.227 e. The molecule has 0 spiro atoms. The fraction of sp³-hybridized carbons (Fsp3) is 0. The molecule has 2 nitrogen and oxygen atoms in total. The SMILES string of the molecule is Clc1ccc2c(c1)sc1cc3nc(-c4ccccc4)oc3cc12. The van der Waals surface area contributed by atoms with Crippen LogP contribution in [0.3, 0.4) is 0 Å². The molecule has 110 valence electrons. The molecule has 0 aliphatic carbocycles. The molecule has 0 fully saturated rings. The van der Waals surface area contributed by atoms with Crippen molar-refractivity contribution in [2.24, 2.45) is 0 Å². The highest BCUT2D eigenvalue weighted by atomic mass is 35.5. The molecule has 0 N–H and O–H groups in total. The molecule has 0 bridgehead atoms. The third-order valence-electron chi connectivity index (χ3n) is 3.96. The number of halogens is 1. The Labute approximate surface area is 140 Å². The van der Waals surface area contributed by atoms with Gasteiger partial charge in [-0.1, -0.05) is 35.9 Å². The lowest BCUT2D eigenvalue weighted by Crippen LogP contribution is -1.74. The molecule has 0 aliphatic rings. The highest BCUT2D eigenvalue weighted by Gasteiger charge is 2.12. The molecule has 0 unspecified atom stereocenters. The van der Waals surface area contributed by atoms with Gasteiger partial charge in [0, 0.05) is 30.8 Å². The van der Waals surface area contributed by atoms with Crippen molar-refractivity contribution in [3.63, 3.8) is 0 Å². The largest absolute Gasteiger partial charge is 0.436 e. The van der Waals surface area contributed by atoms with E-state index in [2.05, 4.69) is 23.2 Å². The standard InChI is InChI=1S/C19H10ClNOS/c20-12-6-7-13-14-9-16-15(10-18(14)23-17(13)8-12)21-19(22-16)11-4-2-1-3-5-11/h1-10H. The molecule has 23 heavy (non-hydrogen) atoms. The molecule has 2 aromatic heterocycles. The summed E-state index contributed by atoms with van der Waals surface area (Å²) in [5.41, 5.74) is 2.68. The molecule has 0 aliphatic heterocycles. The van der Waals surface area contributed by atoms with Crippen LogP contribution in [-0.4, -0.2) is 4.98 Å². The predicted octanol–water partition coefficient (Wildman–Crippen LogP) is 6.52. The van der Waals surface area contributed by atoms with Crippen LogP contribution in [0.4, 0.5) is 0 Å². The summed E-state index contributed by atoms with van der Waals surface area (Å²) >= 11 is 7.82. The number of fused-ring (bicyclic) bond motifs is 4.